The van der Waals surface area contributed by atoms with E-state index in [1.807, 2.05) is 0 Å². The van der Waals surface area contributed by atoms with Crippen LogP contribution in [0.15, 0.2) is 42.5 Å². The monoisotopic (exact) mass is 371 g/mol. The van der Waals surface area contributed by atoms with E-state index >= 15 is 0 Å². The van der Waals surface area contributed by atoms with Gasteiger partial charge in [0.15, 0.2) is 17.6 Å². The molecule has 1 aliphatic heterocycles. The fraction of sp³-hybridized carbons (Fsp3) is 0.167. The van der Waals surface area contributed by atoms with Crippen molar-refractivity contribution in [1.82, 2.24) is 0 Å². The molecule has 9 heteroatoms. The molecule has 0 saturated carbocycles. The lowest BCUT2D eigenvalue weighted by molar-refractivity contribution is -0.123. The van der Waals surface area contributed by atoms with Crippen LogP contribution in [0.25, 0.3) is 0 Å². The van der Waals surface area contributed by atoms with Crippen molar-refractivity contribution in [2.24, 2.45) is 5.73 Å². The molecule has 2 aromatic carbocycles. The van der Waals surface area contributed by atoms with Crippen LogP contribution < -0.4 is 25.8 Å². The molecule has 3 amide bonds. The van der Waals surface area contributed by atoms with E-state index in [1.165, 1.54) is 19.1 Å². The molecule has 1 heterocycles. The average molecular weight is 371 g/mol. The van der Waals surface area contributed by atoms with Crippen molar-refractivity contribution in [3.63, 3.8) is 0 Å². The number of hydrogen-bond donors (Lipinski definition) is 3. The van der Waals surface area contributed by atoms with Crippen molar-refractivity contribution in [3.05, 3.63) is 48.0 Å². The second-order valence-electron chi connectivity index (χ2n) is 5.67. The fourth-order valence-corrected chi connectivity index (χ4v) is 2.37. The molecular weight excluding hydrogens is 354 g/mol. The van der Waals surface area contributed by atoms with Gasteiger partial charge in [-0.2, -0.15) is 0 Å². The number of urea groups is 1. The van der Waals surface area contributed by atoms with Gasteiger partial charge in [-0.25, -0.2) is 9.59 Å². The molecule has 0 aromatic heterocycles. The Morgan fingerprint density at radius 1 is 1.04 bits per heavy atom. The molecule has 0 aliphatic carbocycles. The molecule has 0 spiro atoms. The first kappa shape index (κ1) is 18.1. The predicted molar refractivity (Wildman–Crippen MR) is 95.7 cm³/mol. The highest BCUT2D eigenvalue weighted by molar-refractivity contribution is 5.98. The SMILES string of the molecule is C[C@@H](OC(=O)c1cccc(NC(N)=O)c1)C(=O)Nc1ccc2c(c1)OCO2. The van der Waals surface area contributed by atoms with Crippen molar-refractivity contribution in [2.45, 2.75) is 13.0 Å². The highest BCUT2D eigenvalue weighted by atomic mass is 16.7. The molecule has 27 heavy (non-hydrogen) atoms. The topological polar surface area (TPSA) is 129 Å². The number of hydrogen-bond acceptors (Lipinski definition) is 6. The van der Waals surface area contributed by atoms with Crippen molar-refractivity contribution in [1.29, 1.82) is 0 Å². The molecule has 4 N–H and O–H groups in total. The van der Waals surface area contributed by atoms with E-state index in [0.29, 0.717) is 22.9 Å². The number of nitrogens with two attached hydrogens (primary N) is 1. The van der Waals surface area contributed by atoms with Gasteiger partial charge < -0.3 is 30.6 Å². The lowest BCUT2D eigenvalue weighted by Crippen LogP contribution is -2.30. The van der Waals surface area contributed by atoms with Gasteiger partial charge in [0.25, 0.3) is 5.91 Å². The Morgan fingerprint density at radius 3 is 2.56 bits per heavy atom. The van der Waals surface area contributed by atoms with Crippen LogP contribution in [-0.2, 0) is 9.53 Å². The molecule has 0 bridgehead atoms. The summed E-state index contributed by atoms with van der Waals surface area (Å²) in [5, 5.41) is 5.00. The number of nitrogens with one attached hydrogen (secondary N) is 2. The average Bonchev–Trinajstić information content (AvgIpc) is 3.09. The number of amides is 3. The number of primary amides is 1. The molecule has 3 rings (SSSR count). The van der Waals surface area contributed by atoms with Gasteiger partial charge in [-0.3, -0.25) is 4.79 Å². The number of benzene rings is 2. The zero-order chi connectivity index (χ0) is 19.4. The maximum atomic E-state index is 12.3. The molecule has 0 fully saturated rings. The lowest BCUT2D eigenvalue weighted by atomic mass is 10.2. The number of rotatable bonds is 5. The summed E-state index contributed by atoms with van der Waals surface area (Å²) in [6.45, 7) is 1.58. The van der Waals surface area contributed by atoms with E-state index in [4.69, 9.17) is 19.9 Å². The molecular formula is C18H17N3O6. The Labute approximate surface area is 154 Å². The maximum Gasteiger partial charge on any atom is 0.338 e. The Hall–Kier alpha value is -3.75. The number of carbonyl (C=O) groups excluding carboxylic acids is 3. The number of carbonyl (C=O) groups is 3. The van der Waals surface area contributed by atoms with E-state index in [2.05, 4.69) is 10.6 Å². The van der Waals surface area contributed by atoms with Gasteiger partial charge in [0.2, 0.25) is 6.79 Å². The minimum atomic E-state index is -1.05. The molecule has 2 aromatic rings. The molecule has 0 unspecified atom stereocenters. The number of fused-ring (bicyclic) bond motifs is 1. The molecule has 1 atom stereocenters. The quantitative estimate of drug-likeness (QED) is 0.690. The van der Waals surface area contributed by atoms with Crippen LogP contribution in [0, 0.1) is 0 Å². The molecule has 0 saturated heterocycles. The Kier molecular flexibility index (Phi) is 5.11. The Balaban J connectivity index is 1.60. The summed E-state index contributed by atoms with van der Waals surface area (Å²) in [6.07, 6.45) is -1.05. The van der Waals surface area contributed by atoms with Crippen LogP contribution in [0.1, 0.15) is 17.3 Å². The fourth-order valence-electron chi connectivity index (χ4n) is 2.37. The minimum absolute atomic E-state index is 0.129. The van der Waals surface area contributed by atoms with E-state index in [0.717, 1.165) is 0 Å². The third-order valence-electron chi connectivity index (χ3n) is 3.66. The van der Waals surface area contributed by atoms with Gasteiger partial charge in [-0.05, 0) is 37.3 Å². The molecule has 9 nitrogen and oxygen atoms in total. The van der Waals surface area contributed by atoms with Gasteiger partial charge in [0, 0.05) is 17.4 Å². The normalized spacial score (nSPS) is 12.8. The summed E-state index contributed by atoms with van der Waals surface area (Å²) in [5.41, 5.74) is 6.04. The van der Waals surface area contributed by atoms with Gasteiger partial charge in [0.05, 0.1) is 5.56 Å². The second kappa shape index (κ2) is 7.65. The zero-order valence-electron chi connectivity index (χ0n) is 14.4. The predicted octanol–water partition coefficient (Wildman–Crippen LogP) is 2.09. The number of ether oxygens (including phenoxy) is 3. The molecule has 0 radical (unpaired) electrons. The van der Waals surface area contributed by atoms with Crippen LogP contribution in [0.5, 0.6) is 11.5 Å². The van der Waals surface area contributed by atoms with Crippen LogP contribution in [0.2, 0.25) is 0 Å². The smallest absolute Gasteiger partial charge is 0.338 e. The Morgan fingerprint density at radius 2 is 1.78 bits per heavy atom. The summed E-state index contributed by atoms with van der Waals surface area (Å²) in [4.78, 5) is 35.4. The van der Waals surface area contributed by atoms with E-state index in [9.17, 15) is 14.4 Å². The van der Waals surface area contributed by atoms with Crippen molar-refractivity contribution >= 4 is 29.3 Å². The van der Waals surface area contributed by atoms with Crippen molar-refractivity contribution in [3.8, 4) is 11.5 Å². The van der Waals surface area contributed by atoms with E-state index in [-0.39, 0.29) is 12.4 Å². The third kappa shape index (κ3) is 4.46. The van der Waals surface area contributed by atoms with Crippen LogP contribution >= 0.6 is 0 Å². The number of esters is 1. The van der Waals surface area contributed by atoms with Gasteiger partial charge in [-0.1, -0.05) is 6.07 Å². The third-order valence-corrected chi connectivity index (χ3v) is 3.66. The standard InChI is InChI=1S/C18H17N3O6/c1-10(16(22)20-13-5-6-14-15(8-13)26-9-25-14)27-17(23)11-3-2-4-12(7-11)21-18(19)24/h2-8,10H,9H2,1H3,(H,20,22)(H3,19,21,24)/t10-/m1/s1. The van der Waals surface area contributed by atoms with Crippen LogP contribution in [0.4, 0.5) is 16.2 Å². The summed E-state index contributed by atoms with van der Waals surface area (Å²) < 4.78 is 15.6. The van der Waals surface area contributed by atoms with Crippen molar-refractivity contribution < 1.29 is 28.6 Å². The summed E-state index contributed by atoms with van der Waals surface area (Å²) >= 11 is 0. The molecule has 1 aliphatic rings. The van der Waals surface area contributed by atoms with Crippen LogP contribution in [0.3, 0.4) is 0 Å². The maximum absolute atomic E-state index is 12.3. The Bertz CT molecular complexity index is 898. The van der Waals surface area contributed by atoms with Crippen LogP contribution in [-0.4, -0.2) is 30.8 Å². The van der Waals surface area contributed by atoms with Gasteiger partial charge >= 0.3 is 12.0 Å². The highest BCUT2D eigenvalue weighted by Gasteiger charge is 2.21. The lowest BCUT2D eigenvalue weighted by Gasteiger charge is -2.14. The second-order valence-corrected chi connectivity index (χ2v) is 5.67. The summed E-state index contributed by atoms with van der Waals surface area (Å²) in [5.74, 6) is -0.0989. The minimum Gasteiger partial charge on any atom is -0.454 e. The summed E-state index contributed by atoms with van der Waals surface area (Å²) in [7, 11) is 0. The first-order valence-corrected chi connectivity index (χ1v) is 8.00. The first-order valence-electron chi connectivity index (χ1n) is 8.00. The first-order chi connectivity index (χ1) is 12.9. The van der Waals surface area contributed by atoms with E-state index in [1.54, 1.807) is 30.3 Å². The van der Waals surface area contributed by atoms with Gasteiger partial charge in [-0.15, -0.1) is 0 Å². The highest BCUT2D eigenvalue weighted by Crippen LogP contribution is 2.34. The number of anilines is 2. The summed E-state index contributed by atoms with van der Waals surface area (Å²) in [6, 6.07) is 10.2. The zero-order valence-corrected chi connectivity index (χ0v) is 14.4. The van der Waals surface area contributed by atoms with E-state index < -0.39 is 24.0 Å². The van der Waals surface area contributed by atoms with Crippen molar-refractivity contribution in [2.75, 3.05) is 17.4 Å². The largest absolute Gasteiger partial charge is 0.454 e. The van der Waals surface area contributed by atoms with Gasteiger partial charge in [0.1, 0.15) is 0 Å². The molecule has 140 valence electrons.